The van der Waals surface area contributed by atoms with Crippen LogP contribution in [0.15, 0.2) is 18.2 Å². The van der Waals surface area contributed by atoms with E-state index in [1.54, 1.807) is 6.92 Å². The second kappa shape index (κ2) is 5.53. The van der Waals surface area contributed by atoms with Gasteiger partial charge in [0.1, 0.15) is 5.76 Å². The number of aliphatic hydroxyl groups excluding tert-OH is 1. The molecule has 0 amide bonds. The first-order chi connectivity index (χ1) is 7.95. The van der Waals surface area contributed by atoms with Gasteiger partial charge < -0.3 is 9.84 Å². The maximum atomic E-state index is 11.3. The highest BCUT2D eigenvalue weighted by molar-refractivity contribution is 5.90. The zero-order valence-corrected chi connectivity index (χ0v) is 10.7. The highest BCUT2D eigenvalue weighted by Crippen LogP contribution is 2.22. The van der Waals surface area contributed by atoms with Gasteiger partial charge in [0.25, 0.3) is 0 Å². The minimum Gasteiger partial charge on any atom is -0.507 e. The van der Waals surface area contributed by atoms with E-state index in [0.717, 1.165) is 22.8 Å². The number of aryl methyl sites for hydroxylation is 3. The topological polar surface area (TPSA) is 46.5 Å². The largest absolute Gasteiger partial charge is 0.507 e. The number of carbonyl (C=O) groups is 1. The Morgan fingerprint density at radius 2 is 1.82 bits per heavy atom. The van der Waals surface area contributed by atoms with Gasteiger partial charge in [-0.05, 0) is 38.8 Å². The van der Waals surface area contributed by atoms with Crippen molar-refractivity contribution >= 4 is 11.7 Å². The summed E-state index contributed by atoms with van der Waals surface area (Å²) in [5.74, 6) is -0.567. The summed E-state index contributed by atoms with van der Waals surface area (Å²) in [4.78, 5) is 11.3. The molecule has 3 nitrogen and oxygen atoms in total. The molecule has 92 valence electrons. The minimum atomic E-state index is -0.524. The van der Waals surface area contributed by atoms with E-state index in [-0.39, 0.29) is 5.76 Å². The Labute approximate surface area is 102 Å². The summed E-state index contributed by atoms with van der Waals surface area (Å²) >= 11 is 0. The highest BCUT2D eigenvalue weighted by Gasteiger charge is 2.10. The summed E-state index contributed by atoms with van der Waals surface area (Å²) in [5, 5.41) is 9.93. The van der Waals surface area contributed by atoms with Gasteiger partial charge in [0, 0.05) is 5.56 Å². The van der Waals surface area contributed by atoms with Crippen molar-refractivity contribution in [3.8, 4) is 0 Å². The Kier molecular flexibility index (Phi) is 4.32. The number of aliphatic hydroxyl groups is 1. The zero-order chi connectivity index (χ0) is 13.0. The molecule has 0 fully saturated rings. The summed E-state index contributed by atoms with van der Waals surface area (Å²) in [6.07, 6.45) is 1.12. The summed E-state index contributed by atoms with van der Waals surface area (Å²) in [7, 11) is 0. The third-order valence-electron chi connectivity index (χ3n) is 2.47. The van der Waals surface area contributed by atoms with Gasteiger partial charge in [-0.1, -0.05) is 17.7 Å². The van der Waals surface area contributed by atoms with Crippen molar-refractivity contribution in [1.82, 2.24) is 0 Å². The zero-order valence-electron chi connectivity index (χ0n) is 10.7. The fourth-order valence-corrected chi connectivity index (χ4v) is 1.95. The van der Waals surface area contributed by atoms with Crippen molar-refractivity contribution in [3.63, 3.8) is 0 Å². The van der Waals surface area contributed by atoms with Crippen molar-refractivity contribution in [1.29, 1.82) is 0 Å². The first-order valence-corrected chi connectivity index (χ1v) is 5.61. The van der Waals surface area contributed by atoms with Crippen LogP contribution in [0.2, 0.25) is 0 Å². The lowest BCUT2D eigenvalue weighted by Crippen LogP contribution is -2.02. The SMILES string of the molecule is CCOC(=O)C=C(O)c1c(C)cc(C)cc1C. The number of rotatable bonds is 3. The molecular weight excluding hydrogens is 216 g/mol. The molecule has 3 heteroatoms. The summed E-state index contributed by atoms with van der Waals surface area (Å²) < 4.78 is 4.76. The molecule has 1 N–H and O–H groups in total. The molecule has 1 aromatic carbocycles. The Bertz CT molecular complexity index is 436. The van der Waals surface area contributed by atoms with E-state index in [1.165, 1.54) is 0 Å². The van der Waals surface area contributed by atoms with Crippen molar-refractivity contribution in [2.45, 2.75) is 27.7 Å². The van der Waals surface area contributed by atoms with Crippen molar-refractivity contribution < 1.29 is 14.6 Å². The molecule has 1 rings (SSSR count). The van der Waals surface area contributed by atoms with Crippen molar-refractivity contribution in [2.24, 2.45) is 0 Å². The average molecular weight is 234 g/mol. The van der Waals surface area contributed by atoms with E-state index >= 15 is 0 Å². The fraction of sp³-hybridized carbons (Fsp3) is 0.357. The third kappa shape index (κ3) is 3.34. The molecule has 0 atom stereocenters. The Morgan fingerprint density at radius 1 is 1.29 bits per heavy atom. The van der Waals surface area contributed by atoms with E-state index in [2.05, 4.69) is 0 Å². The van der Waals surface area contributed by atoms with Crippen LogP contribution in [0, 0.1) is 20.8 Å². The van der Waals surface area contributed by atoms with Gasteiger partial charge in [0.05, 0.1) is 12.7 Å². The number of hydrogen-bond acceptors (Lipinski definition) is 3. The standard InChI is InChI=1S/C14H18O3/c1-5-17-13(16)8-12(15)14-10(3)6-9(2)7-11(14)4/h6-8,15H,5H2,1-4H3. The lowest BCUT2D eigenvalue weighted by atomic mass is 9.98. The second-order valence-corrected chi connectivity index (χ2v) is 4.06. The molecule has 0 bridgehead atoms. The fourth-order valence-electron chi connectivity index (χ4n) is 1.95. The lowest BCUT2D eigenvalue weighted by Gasteiger charge is -2.10. The van der Waals surface area contributed by atoms with Gasteiger partial charge >= 0.3 is 5.97 Å². The second-order valence-electron chi connectivity index (χ2n) is 4.06. The highest BCUT2D eigenvalue weighted by atomic mass is 16.5. The van der Waals surface area contributed by atoms with Crippen LogP contribution in [0.3, 0.4) is 0 Å². The number of esters is 1. The Hall–Kier alpha value is -1.77. The van der Waals surface area contributed by atoms with E-state index in [9.17, 15) is 9.90 Å². The first kappa shape index (κ1) is 13.3. The number of ether oxygens (including phenoxy) is 1. The molecule has 0 heterocycles. The first-order valence-electron chi connectivity index (χ1n) is 5.61. The normalized spacial score (nSPS) is 11.4. The Balaban J connectivity index is 3.12. The molecule has 0 aliphatic carbocycles. The number of benzene rings is 1. The number of hydrogen-bond donors (Lipinski definition) is 1. The molecule has 0 unspecified atom stereocenters. The molecule has 0 saturated carbocycles. The molecule has 0 saturated heterocycles. The molecule has 0 radical (unpaired) electrons. The molecule has 0 aliphatic rings. The van der Waals surface area contributed by atoms with Crippen LogP contribution in [-0.2, 0) is 9.53 Å². The monoisotopic (exact) mass is 234 g/mol. The van der Waals surface area contributed by atoms with E-state index < -0.39 is 5.97 Å². The van der Waals surface area contributed by atoms with Crippen LogP contribution in [0.1, 0.15) is 29.2 Å². The van der Waals surface area contributed by atoms with Crippen LogP contribution in [-0.4, -0.2) is 17.7 Å². The molecule has 17 heavy (non-hydrogen) atoms. The summed E-state index contributed by atoms with van der Waals surface area (Å²) in [6.45, 7) is 7.84. The predicted molar refractivity (Wildman–Crippen MR) is 67.9 cm³/mol. The van der Waals surface area contributed by atoms with Crippen LogP contribution < -0.4 is 0 Å². The predicted octanol–water partition coefficient (Wildman–Crippen LogP) is 3.07. The van der Waals surface area contributed by atoms with Gasteiger partial charge in [-0.25, -0.2) is 4.79 Å². The molecular formula is C14H18O3. The summed E-state index contributed by atoms with van der Waals surface area (Å²) in [5.41, 5.74) is 3.72. The summed E-state index contributed by atoms with van der Waals surface area (Å²) in [6, 6.07) is 3.94. The van der Waals surface area contributed by atoms with Crippen molar-refractivity contribution in [3.05, 3.63) is 40.5 Å². The maximum absolute atomic E-state index is 11.3. The van der Waals surface area contributed by atoms with Crippen molar-refractivity contribution in [2.75, 3.05) is 6.61 Å². The molecule has 0 aliphatic heterocycles. The minimum absolute atomic E-state index is 0.0431. The smallest absolute Gasteiger partial charge is 0.334 e. The number of carbonyl (C=O) groups excluding carboxylic acids is 1. The van der Waals surface area contributed by atoms with Crippen LogP contribution in [0.4, 0.5) is 0 Å². The van der Waals surface area contributed by atoms with Gasteiger partial charge in [-0.3, -0.25) is 0 Å². The molecule has 0 aromatic heterocycles. The Morgan fingerprint density at radius 3 is 2.29 bits per heavy atom. The van der Waals surface area contributed by atoms with Gasteiger partial charge in [0.2, 0.25) is 0 Å². The van der Waals surface area contributed by atoms with Gasteiger partial charge in [-0.2, -0.15) is 0 Å². The quantitative estimate of drug-likeness (QED) is 0.496. The van der Waals surface area contributed by atoms with Crippen LogP contribution in [0.5, 0.6) is 0 Å². The average Bonchev–Trinajstić information content (AvgIpc) is 2.15. The molecule has 0 spiro atoms. The third-order valence-corrected chi connectivity index (χ3v) is 2.47. The van der Waals surface area contributed by atoms with Gasteiger partial charge in [-0.15, -0.1) is 0 Å². The van der Waals surface area contributed by atoms with E-state index in [4.69, 9.17) is 4.74 Å². The van der Waals surface area contributed by atoms with Crippen LogP contribution >= 0.6 is 0 Å². The maximum Gasteiger partial charge on any atom is 0.334 e. The lowest BCUT2D eigenvalue weighted by molar-refractivity contribution is -0.137. The molecule has 1 aromatic rings. The van der Waals surface area contributed by atoms with Crippen LogP contribution in [0.25, 0.3) is 5.76 Å². The van der Waals surface area contributed by atoms with E-state index in [1.807, 2.05) is 32.9 Å². The van der Waals surface area contributed by atoms with Gasteiger partial charge in [0.15, 0.2) is 0 Å². The van der Waals surface area contributed by atoms with E-state index in [0.29, 0.717) is 12.2 Å².